The summed E-state index contributed by atoms with van der Waals surface area (Å²) in [5.41, 5.74) is 5.75. The second kappa shape index (κ2) is 9.16. The molecular weight excluding hydrogens is 220 g/mol. The van der Waals surface area contributed by atoms with Crippen molar-refractivity contribution in [1.29, 1.82) is 0 Å². The molecule has 1 aliphatic heterocycles. The van der Waals surface area contributed by atoms with Gasteiger partial charge in [-0.2, -0.15) is 0 Å². The molecule has 1 aromatic carbocycles. The first-order valence-corrected chi connectivity index (χ1v) is 7.42. The molecule has 1 nitrogen and oxygen atoms in total. The van der Waals surface area contributed by atoms with Gasteiger partial charge in [0.15, 0.2) is 0 Å². The Balaban J connectivity index is 0.000000659. The standard InChI is InChI=1S/C13H18O.2C2H6/c1-4-11-7-12-9(2)5-6-10(3)13(12)8-14-11;2*1-2/h5-6,11H,4,7-8H2,1-3H3;2*1-2H3. The molecule has 0 bridgehead atoms. The number of fused-ring (bicyclic) bond motifs is 1. The molecular formula is C17H30O. The number of hydrogen-bond donors (Lipinski definition) is 0. The molecule has 1 atom stereocenters. The lowest BCUT2D eigenvalue weighted by atomic mass is 9.91. The summed E-state index contributed by atoms with van der Waals surface area (Å²) in [4.78, 5) is 0. The van der Waals surface area contributed by atoms with E-state index in [-0.39, 0.29) is 0 Å². The van der Waals surface area contributed by atoms with Gasteiger partial charge in [-0.3, -0.25) is 0 Å². The predicted molar refractivity (Wildman–Crippen MR) is 81.2 cm³/mol. The Hall–Kier alpha value is -0.820. The van der Waals surface area contributed by atoms with Gasteiger partial charge in [0, 0.05) is 0 Å². The Kier molecular flexibility index (Phi) is 8.74. The summed E-state index contributed by atoms with van der Waals surface area (Å²) in [6.07, 6.45) is 2.65. The third-order valence-corrected chi connectivity index (χ3v) is 3.25. The van der Waals surface area contributed by atoms with E-state index in [0.717, 1.165) is 19.4 Å². The molecule has 1 heterocycles. The molecule has 0 amide bonds. The first-order valence-electron chi connectivity index (χ1n) is 7.42. The number of benzene rings is 1. The van der Waals surface area contributed by atoms with Crippen molar-refractivity contribution in [2.24, 2.45) is 0 Å². The van der Waals surface area contributed by atoms with Crippen molar-refractivity contribution in [1.82, 2.24) is 0 Å². The molecule has 0 N–H and O–H groups in total. The van der Waals surface area contributed by atoms with Crippen molar-refractivity contribution in [3.05, 3.63) is 34.4 Å². The maximum Gasteiger partial charge on any atom is 0.0726 e. The summed E-state index contributed by atoms with van der Waals surface area (Å²) >= 11 is 0. The van der Waals surface area contributed by atoms with E-state index in [0.29, 0.717) is 6.10 Å². The summed E-state index contributed by atoms with van der Waals surface area (Å²) in [7, 11) is 0. The SMILES string of the molecule is CC.CC.CCC1Cc2c(C)ccc(C)c2CO1. The molecule has 1 heteroatoms. The third-order valence-electron chi connectivity index (χ3n) is 3.25. The molecule has 0 aliphatic carbocycles. The average molecular weight is 250 g/mol. The van der Waals surface area contributed by atoms with Gasteiger partial charge in [-0.1, -0.05) is 46.8 Å². The average Bonchev–Trinajstić information content (AvgIpc) is 2.47. The molecule has 0 fully saturated rings. The van der Waals surface area contributed by atoms with Gasteiger partial charge in [0.2, 0.25) is 0 Å². The minimum Gasteiger partial charge on any atom is -0.373 e. The maximum absolute atomic E-state index is 5.79. The van der Waals surface area contributed by atoms with Crippen LogP contribution in [-0.2, 0) is 17.8 Å². The molecule has 2 rings (SSSR count). The molecule has 0 aromatic heterocycles. The van der Waals surface area contributed by atoms with E-state index in [1.807, 2.05) is 27.7 Å². The van der Waals surface area contributed by atoms with Crippen molar-refractivity contribution < 1.29 is 4.74 Å². The van der Waals surface area contributed by atoms with Gasteiger partial charge in [-0.25, -0.2) is 0 Å². The summed E-state index contributed by atoms with van der Waals surface area (Å²) < 4.78 is 5.79. The van der Waals surface area contributed by atoms with Gasteiger partial charge in [0.25, 0.3) is 0 Å². The second-order valence-electron chi connectivity index (χ2n) is 4.20. The van der Waals surface area contributed by atoms with Crippen LogP contribution in [0.2, 0.25) is 0 Å². The van der Waals surface area contributed by atoms with Crippen LogP contribution in [0.4, 0.5) is 0 Å². The fraction of sp³-hybridized carbons (Fsp3) is 0.647. The van der Waals surface area contributed by atoms with Crippen molar-refractivity contribution >= 4 is 0 Å². The fourth-order valence-corrected chi connectivity index (χ4v) is 2.16. The third kappa shape index (κ3) is 4.13. The van der Waals surface area contributed by atoms with Crippen molar-refractivity contribution in [2.75, 3.05) is 0 Å². The van der Waals surface area contributed by atoms with Crippen LogP contribution < -0.4 is 0 Å². The van der Waals surface area contributed by atoms with E-state index >= 15 is 0 Å². The number of rotatable bonds is 1. The van der Waals surface area contributed by atoms with E-state index in [2.05, 4.69) is 32.9 Å². The smallest absolute Gasteiger partial charge is 0.0726 e. The van der Waals surface area contributed by atoms with Crippen LogP contribution in [-0.4, -0.2) is 6.10 Å². The lowest BCUT2D eigenvalue weighted by Crippen LogP contribution is -2.23. The topological polar surface area (TPSA) is 9.23 Å². The normalized spacial score (nSPS) is 16.7. The molecule has 104 valence electrons. The van der Waals surface area contributed by atoms with Gasteiger partial charge in [0.1, 0.15) is 0 Å². The van der Waals surface area contributed by atoms with Crippen LogP contribution in [0.15, 0.2) is 12.1 Å². The van der Waals surface area contributed by atoms with Gasteiger partial charge in [0.05, 0.1) is 12.7 Å². The fourth-order valence-electron chi connectivity index (χ4n) is 2.16. The summed E-state index contributed by atoms with van der Waals surface area (Å²) in [5, 5.41) is 0. The zero-order valence-electron chi connectivity index (χ0n) is 13.3. The number of ether oxygens (including phenoxy) is 1. The Labute approximate surface area is 114 Å². The predicted octanol–water partition coefficient (Wildman–Crippen LogP) is 5.21. The molecule has 0 saturated heterocycles. The minimum atomic E-state index is 0.433. The Morgan fingerprint density at radius 3 is 2.00 bits per heavy atom. The number of hydrogen-bond acceptors (Lipinski definition) is 1. The summed E-state index contributed by atoms with van der Waals surface area (Å²) in [6, 6.07) is 4.43. The maximum atomic E-state index is 5.79. The van der Waals surface area contributed by atoms with E-state index in [1.165, 1.54) is 22.3 Å². The molecule has 1 aromatic rings. The first kappa shape index (κ1) is 17.2. The Bertz CT molecular complexity index is 342. The molecule has 18 heavy (non-hydrogen) atoms. The van der Waals surface area contributed by atoms with Crippen LogP contribution in [0.25, 0.3) is 0 Å². The van der Waals surface area contributed by atoms with E-state index in [1.54, 1.807) is 0 Å². The van der Waals surface area contributed by atoms with Gasteiger partial charge < -0.3 is 4.74 Å². The molecule has 0 spiro atoms. The van der Waals surface area contributed by atoms with E-state index in [9.17, 15) is 0 Å². The van der Waals surface area contributed by atoms with E-state index in [4.69, 9.17) is 4.74 Å². The summed E-state index contributed by atoms with van der Waals surface area (Å²) in [5.74, 6) is 0. The van der Waals surface area contributed by atoms with Crippen LogP contribution in [0.1, 0.15) is 63.3 Å². The quantitative estimate of drug-likeness (QED) is 0.665. The van der Waals surface area contributed by atoms with Crippen LogP contribution in [0.3, 0.4) is 0 Å². The van der Waals surface area contributed by atoms with Crippen LogP contribution in [0.5, 0.6) is 0 Å². The van der Waals surface area contributed by atoms with Gasteiger partial charge >= 0.3 is 0 Å². The second-order valence-corrected chi connectivity index (χ2v) is 4.20. The molecule has 1 unspecified atom stereocenters. The lowest BCUT2D eigenvalue weighted by Gasteiger charge is -2.27. The lowest BCUT2D eigenvalue weighted by molar-refractivity contribution is 0.0258. The zero-order chi connectivity index (χ0) is 14.1. The Morgan fingerprint density at radius 2 is 1.50 bits per heavy atom. The van der Waals surface area contributed by atoms with E-state index < -0.39 is 0 Å². The van der Waals surface area contributed by atoms with Gasteiger partial charge in [-0.05, 0) is 48.9 Å². The Morgan fingerprint density at radius 1 is 1.00 bits per heavy atom. The van der Waals surface area contributed by atoms with Gasteiger partial charge in [-0.15, -0.1) is 0 Å². The number of aryl methyl sites for hydroxylation is 2. The monoisotopic (exact) mass is 250 g/mol. The highest BCUT2D eigenvalue weighted by molar-refractivity contribution is 5.41. The highest BCUT2D eigenvalue weighted by Gasteiger charge is 2.20. The molecule has 0 saturated carbocycles. The molecule has 1 aliphatic rings. The van der Waals surface area contributed by atoms with Crippen LogP contribution >= 0.6 is 0 Å². The highest BCUT2D eigenvalue weighted by Crippen LogP contribution is 2.27. The minimum absolute atomic E-state index is 0.433. The first-order chi connectivity index (χ1) is 8.72. The van der Waals surface area contributed by atoms with Crippen molar-refractivity contribution in [2.45, 2.75) is 74.0 Å². The van der Waals surface area contributed by atoms with Crippen LogP contribution in [0, 0.1) is 13.8 Å². The largest absolute Gasteiger partial charge is 0.373 e. The van der Waals surface area contributed by atoms with Crippen molar-refractivity contribution in [3.63, 3.8) is 0 Å². The summed E-state index contributed by atoms with van der Waals surface area (Å²) in [6.45, 7) is 15.4. The zero-order valence-corrected chi connectivity index (χ0v) is 13.3. The molecule has 0 radical (unpaired) electrons. The highest BCUT2D eigenvalue weighted by atomic mass is 16.5. The van der Waals surface area contributed by atoms with Crippen molar-refractivity contribution in [3.8, 4) is 0 Å².